The van der Waals surface area contributed by atoms with Gasteiger partial charge in [0.2, 0.25) is 15.3 Å². The molecule has 16 heteroatoms. The molecule has 1 aliphatic heterocycles. The molecule has 0 saturated carbocycles. The minimum absolute atomic E-state index is 0.131. The number of nitro benzene ring substituents is 2. The third-order valence-corrected chi connectivity index (χ3v) is 9.47. The molecular weight excluding hydrogens is 633 g/mol. The zero-order chi connectivity index (χ0) is 27.3. The van der Waals surface area contributed by atoms with E-state index < -0.39 is 49.2 Å². The van der Waals surface area contributed by atoms with Crippen LogP contribution in [0.5, 0.6) is 11.5 Å². The van der Waals surface area contributed by atoms with E-state index in [1.165, 1.54) is 12.1 Å². The van der Waals surface area contributed by atoms with Crippen LogP contribution in [0.15, 0.2) is 53.4 Å². The van der Waals surface area contributed by atoms with E-state index in [0.717, 1.165) is 17.7 Å². The lowest BCUT2D eigenvalue weighted by molar-refractivity contribution is -0.385. The molecule has 0 fully saturated rings. The number of rotatable bonds is 4. The summed E-state index contributed by atoms with van der Waals surface area (Å²) in [5.41, 5.74) is -0.792. The zero-order valence-electron chi connectivity index (χ0n) is 18.2. The van der Waals surface area contributed by atoms with Gasteiger partial charge in [-0.05, 0) is 31.2 Å². The molecule has 1 heterocycles. The van der Waals surface area contributed by atoms with Crippen LogP contribution < -0.4 is 9.05 Å². The van der Waals surface area contributed by atoms with E-state index in [0.29, 0.717) is 16.3 Å². The summed E-state index contributed by atoms with van der Waals surface area (Å²) < 4.78 is 23.3. The summed E-state index contributed by atoms with van der Waals surface area (Å²) in [7, 11) is 0. The molecule has 0 bridgehead atoms. The first-order valence-electron chi connectivity index (χ1n) is 9.96. The van der Waals surface area contributed by atoms with Crippen molar-refractivity contribution in [1.29, 1.82) is 0 Å². The van der Waals surface area contributed by atoms with Crippen LogP contribution in [0, 0.1) is 27.2 Å². The lowest BCUT2D eigenvalue weighted by Gasteiger charge is -2.32. The maximum absolute atomic E-state index is 14.2. The summed E-state index contributed by atoms with van der Waals surface area (Å²) in [4.78, 5) is 22.7. The van der Waals surface area contributed by atoms with Gasteiger partial charge in [0.25, 0.3) is 0 Å². The number of nitrogens with zero attached hydrogens (tertiary/aromatic N) is 2. The van der Waals surface area contributed by atoms with Gasteiger partial charge in [0.1, 0.15) is 0 Å². The fourth-order valence-corrected chi connectivity index (χ4v) is 8.06. The summed E-state index contributed by atoms with van der Waals surface area (Å²) in [6, 6.07) is 11.1. The Labute approximate surface area is 238 Å². The summed E-state index contributed by atoms with van der Waals surface area (Å²) in [5.74, 6) is -2.56. The van der Waals surface area contributed by atoms with Gasteiger partial charge in [0.05, 0.1) is 15.8 Å². The van der Waals surface area contributed by atoms with Crippen molar-refractivity contribution in [2.75, 3.05) is 0 Å². The molecule has 1 aliphatic rings. The van der Waals surface area contributed by atoms with E-state index in [4.69, 9.17) is 67.1 Å². The largest absolute Gasteiger partial charge is 0.498 e. The Kier molecular flexibility index (Phi) is 7.85. The predicted octanol–water partition coefficient (Wildman–Crippen LogP) is 9.29. The lowest BCUT2D eigenvalue weighted by Crippen LogP contribution is -2.23. The first-order valence-corrected chi connectivity index (χ1v) is 14.8. The van der Waals surface area contributed by atoms with Gasteiger partial charge in [-0.2, -0.15) is 0 Å². The lowest BCUT2D eigenvalue weighted by atomic mass is 9.90. The van der Waals surface area contributed by atoms with Crippen LogP contribution in [0.1, 0.15) is 22.6 Å². The average Bonchev–Trinajstić information content (AvgIpc) is 2.76. The summed E-state index contributed by atoms with van der Waals surface area (Å²) in [6.45, 7) is -2.70. The van der Waals surface area contributed by atoms with Gasteiger partial charge in [-0.15, -0.1) is 0 Å². The Morgan fingerprint density at radius 3 is 1.68 bits per heavy atom. The first-order chi connectivity index (χ1) is 17.2. The Morgan fingerprint density at radius 2 is 1.30 bits per heavy atom. The maximum Gasteiger partial charge on any atom is 0.498 e. The molecule has 4 rings (SSSR count). The SMILES string of the molecule is Cc1ccc(SP2(=O)Oc3c(cc(Cl)cc3[N+](=O)[O-])C(C(Cl)(Cl)Cl)c3cc(Cl)cc([N+](=O)[O-])c3O2)cc1. The maximum atomic E-state index is 14.2. The molecule has 0 spiro atoms. The van der Waals surface area contributed by atoms with Crippen LogP contribution in [0.4, 0.5) is 11.4 Å². The summed E-state index contributed by atoms with van der Waals surface area (Å²) in [5, 5.41) is 23.6. The van der Waals surface area contributed by atoms with Crippen molar-refractivity contribution < 1.29 is 23.5 Å². The van der Waals surface area contributed by atoms with Gasteiger partial charge in [0, 0.05) is 49.6 Å². The number of hydrogen-bond donors (Lipinski definition) is 0. The standard InChI is InChI=1S/C21H12Cl5N2O7PS/c1-10-2-4-13(5-3-10)37-36(33)34-19-14(6-11(22)8-16(19)27(29)30)18(21(24,25)26)15-7-12(23)9-17(28(31)32)20(15)35-36/h2-9,18H,1H3. The van der Waals surface area contributed by atoms with Crippen LogP contribution in [-0.2, 0) is 4.57 Å². The normalized spacial score (nSPS) is 18.9. The van der Waals surface area contributed by atoms with Crippen molar-refractivity contribution in [3.63, 3.8) is 0 Å². The summed E-state index contributed by atoms with van der Waals surface area (Å²) >= 11 is 31.8. The number of nitro groups is 2. The second kappa shape index (κ2) is 10.3. The number of fused-ring (bicyclic) bond motifs is 2. The van der Waals surface area contributed by atoms with Crippen molar-refractivity contribution in [2.45, 2.75) is 21.5 Å². The molecule has 194 valence electrons. The third-order valence-electron chi connectivity index (χ3n) is 5.11. The highest BCUT2D eigenvalue weighted by atomic mass is 35.6. The molecule has 0 unspecified atom stereocenters. The molecule has 0 N–H and O–H groups in total. The van der Waals surface area contributed by atoms with E-state index in [1.807, 2.05) is 6.92 Å². The van der Waals surface area contributed by atoms with Crippen molar-refractivity contribution in [3.8, 4) is 11.5 Å². The molecule has 3 aromatic carbocycles. The van der Waals surface area contributed by atoms with Crippen LogP contribution >= 0.6 is 76.2 Å². The molecule has 3 aromatic rings. The Bertz CT molecular complexity index is 1410. The second-order valence-corrected chi connectivity index (χ2v) is 14.8. The molecule has 37 heavy (non-hydrogen) atoms. The van der Waals surface area contributed by atoms with Crippen LogP contribution in [0.3, 0.4) is 0 Å². The van der Waals surface area contributed by atoms with Crippen LogP contribution in [0.25, 0.3) is 0 Å². The van der Waals surface area contributed by atoms with Crippen molar-refractivity contribution >= 4 is 87.6 Å². The Morgan fingerprint density at radius 1 is 0.865 bits per heavy atom. The number of aryl methyl sites for hydroxylation is 1. The molecule has 0 aromatic heterocycles. The van der Waals surface area contributed by atoms with Gasteiger partial charge in [-0.1, -0.05) is 75.7 Å². The highest BCUT2D eigenvalue weighted by molar-refractivity contribution is 8.55. The number of alkyl halides is 3. The Hall–Kier alpha value is -1.91. The predicted molar refractivity (Wildman–Crippen MR) is 144 cm³/mol. The summed E-state index contributed by atoms with van der Waals surface area (Å²) in [6.07, 6.45) is 0. The van der Waals surface area contributed by atoms with Crippen molar-refractivity contribution in [2.24, 2.45) is 0 Å². The van der Waals surface area contributed by atoms with Gasteiger partial charge in [0.15, 0.2) is 0 Å². The van der Waals surface area contributed by atoms with Gasteiger partial charge >= 0.3 is 18.2 Å². The molecule has 0 atom stereocenters. The number of hydrogen-bond acceptors (Lipinski definition) is 8. The van der Waals surface area contributed by atoms with E-state index in [1.54, 1.807) is 24.3 Å². The number of halogens is 5. The molecule has 0 amide bonds. The van der Waals surface area contributed by atoms with Crippen molar-refractivity contribution in [3.05, 3.63) is 95.5 Å². The molecule has 9 nitrogen and oxygen atoms in total. The molecule has 0 radical (unpaired) electrons. The number of benzene rings is 3. The van der Waals surface area contributed by atoms with Crippen LogP contribution in [0.2, 0.25) is 10.0 Å². The van der Waals surface area contributed by atoms with Gasteiger partial charge in [-0.3, -0.25) is 20.2 Å². The fourth-order valence-electron chi connectivity index (χ4n) is 3.63. The molecular formula is C21H12Cl5N2O7PS. The quantitative estimate of drug-likeness (QED) is 0.119. The van der Waals surface area contributed by atoms with Crippen molar-refractivity contribution in [1.82, 2.24) is 0 Å². The molecule has 0 aliphatic carbocycles. The third kappa shape index (κ3) is 5.91. The highest BCUT2D eigenvalue weighted by Crippen LogP contribution is 2.68. The topological polar surface area (TPSA) is 122 Å². The van der Waals surface area contributed by atoms with Crippen LogP contribution in [-0.4, -0.2) is 13.6 Å². The average molecular weight is 645 g/mol. The monoisotopic (exact) mass is 642 g/mol. The molecule has 0 saturated heterocycles. The smallest absolute Gasteiger partial charge is 0.401 e. The highest BCUT2D eigenvalue weighted by Gasteiger charge is 2.48. The minimum Gasteiger partial charge on any atom is -0.401 e. The second-order valence-electron chi connectivity index (χ2n) is 7.71. The van der Waals surface area contributed by atoms with E-state index in [2.05, 4.69) is 0 Å². The first kappa shape index (κ1) is 28.1. The van der Waals surface area contributed by atoms with E-state index >= 15 is 0 Å². The van der Waals surface area contributed by atoms with E-state index in [-0.39, 0.29) is 21.2 Å². The van der Waals surface area contributed by atoms with E-state index in [9.17, 15) is 24.8 Å². The zero-order valence-corrected chi connectivity index (χ0v) is 23.7. The van der Waals surface area contributed by atoms with Gasteiger partial charge < -0.3 is 9.05 Å². The fraction of sp³-hybridized carbons (Fsp3) is 0.143. The van der Waals surface area contributed by atoms with Gasteiger partial charge in [-0.25, -0.2) is 4.57 Å². The Balaban J connectivity index is 2.10. The minimum atomic E-state index is -4.54.